The number of halogens is 3. The number of hydrogen-bond donors (Lipinski definition) is 1. The van der Waals surface area contributed by atoms with Gasteiger partial charge in [-0.1, -0.05) is 12.1 Å². The highest BCUT2D eigenvalue weighted by atomic mass is 19.4. The van der Waals surface area contributed by atoms with E-state index in [-0.39, 0.29) is 31.0 Å². The molecule has 1 aliphatic heterocycles. The van der Waals surface area contributed by atoms with Gasteiger partial charge in [0.1, 0.15) is 11.7 Å². The second kappa shape index (κ2) is 11.5. The number of dihydropyridines is 1. The van der Waals surface area contributed by atoms with Gasteiger partial charge < -0.3 is 28.8 Å². The smallest absolute Gasteiger partial charge is 0.434 e. The summed E-state index contributed by atoms with van der Waals surface area (Å²) in [6.07, 6.45) is -3.70. The van der Waals surface area contributed by atoms with Gasteiger partial charge in [-0.15, -0.1) is 0 Å². The molecule has 37 heavy (non-hydrogen) atoms. The van der Waals surface area contributed by atoms with E-state index >= 15 is 0 Å². The first-order valence-corrected chi connectivity index (χ1v) is 10.8. The van der Waals surface area contributed by atoms with Crippen molar-refractivity contribution in [2.45, 2.75) is 32.5 Å². The molecule has 0 radical (unpaired) electrons. The molecule has 1 atom stereocenters. The zero-order chi connectivity index (χ0) is 27.2. The highest BCUT2D eigenvalue weighted by Gasteiger charge is 2.47. The van der Waals surface area contributed by atoms with E-state index in [1.807, 2.05) is 0 Å². The summed E-state index contributed by atoms with van der Waals surface area (Å²) in [5.41, 5.74) is -2.37. The number of nitro benzene ring substituents is 1. The number of nitrogens with one attached hydrogen (secondary N) is 1. The molecular formula is C22H21F3N4O8. The van der Waals surface area contributed by atoms with E-state index in [9.17, 15) is 32.9 Å². The molecule has 3 rings (SSSR count). The summed E-state index contributed by atoms with van der Waals surface area (Å²) in [5, 5.41) is 13.5. The van der Waals surface area contributed by atoms with Crippen molar-refractivity contribution in [2.24, 2.45) is 0 Å². The Labute approximate surface area is 207 Å². The molecular weight excluding hydrogens is 505 g/mol. The fourth-order valence-corrected chi connectivity index (χ4v) is 3.43. The maximum absolute atomic E-state index is 14.3. The second-order valence-electron chi connectivity index (χ2n) is 7.30. The summed E-state index contributed by atoms with van der Waals surface area (Å²) in [7, 11) is 0. The summed E-state index contributed by atoms with van der Waals surface area (Å²) in [6, 6.07) is 4.58. The third-order valence-electron chi connectivity index (χ3n) is 4.85. The highest BCUT2D eigenvalue weighted by molar-refractivity contribution is 5.65. The molecule has 0 aliphatic carbocycles. The van der Waals surface area contributed by atoms with E-state index in [0.717, 1.165) is 12.1 Å². The molecule has 0 fully saturated rings. The van der Waals surface area contributed by atoms with Crippen LogP contribution >= 0.6 is 0 Å². The van der Waals surface area contributed by atoms with Crippen LogP contribution in [0.5, 0.6) is 0 Å². The minimum atomic E-state index is -5.10. The number of nitro groups is 1. The molecule has 1 N–H and O–H groups in total. The Morgan fingerprint density at radius 1 is 1.14 bits per heavy atom. The van der Waals surface area contributed by atoms with E-state index in [2.05, 4.69) is 15.0 Å². The molecule has 0 saturated heterocycles. The summed E-state index contributed by atoms with van der Waals surface area (Å²) in [4.78, 5) is 39.0. The highest BCUT2D eigenvalue weighted by Crippen LogP contribution is 2.44. The van der Waals surface area contributed by atoms with Crippen molar-refractivity contribution in [1.82, 2.24) is 14.9 Å². The number of aromatic nitrogens is 2. The van der Waals surface area contributed by atoms with Gasteiger partial charge in [-0.2, -0.15) is 13.2 Å². The Kier molecular flexibility index (Phi) is 8.37. The zero-order valence-electron chi connectivity index (χ0n) is 19.5. The van der Waals surface area contributed by atoms with Gasteiger partial charge in [-0.05, 0) is 19.4 Å². The van der Waals surface area contributed by atoms with E-state index in [0.29, 0.717) is 0 Å². The Bertz CT molecular complexity index is 1220. The van der Waals surface area contributed by atoms with Crippen LogP contribution < -0.4 is 5.32 Å². The first kappa shape index (κ1) is 27.0. The molecule has 1 aromatic carbocycles. The van der Waals surface area contributed by atoms with Crippen LogP contribution in [-0.4, -0.2) is 46.2 Å². The van der Waals surface area contributed by atoms with E-state index < -0.39 is 52.2 Å². The van der Waals surface area contributed by atoms with Gasteiger partial charge >= 0.3 is 18.5 Å². The van der Waals surface area contributed by atoms with Crippen LogP contribution in [0.15, 0.2) is 65.9 Å². The van der Waals surface area contributed by atoms with Gasteiger partial charge in [-0.25, -0.2) is 14.6 Å². The molecule has 198 valence electrons. The molecule has 0 bridgehead atoms. The Morgan fingerprint density at radius 3 is 2.32 bits per heavy atom. The van der Waals surface area contributed by atoms with Crippen LogP contribution in [-0.2, 0) is 25.5 Å². The largest absolute Gasteiger partial charge is 0.513 e. The summed E-state index contributed by atoms with van der Waals surface area (Å²) < 4.78 is 63.9. The van der Waals surface area contributed by atoms with Crippen LogP contribution in [0.4, 0.5) is 28.4 Å². The Hall–Kier alpha value is -4.56. The maximum atomic E-state index is 14.3. The lowest BCUT2D eigenvalue weighted by molar-refractivity contribution is -0.384. The molecule has 0 amide bonds. The summed E-state index contributed by atoms with van der Waals surface area (Å²) in [5.74, 6) is -3.23. The number of carbonyl (C=O) groups is 2. The number of non-ortho nitro benzene ring substituents is 1. The Balaban J connectivity index is 2.29. The number of imidazole rings is 1. The molecule has 1 unspecified atom stereocenters. The van der Waals surface area contributed by atoms with Crippen LogP contribution in [0.3, 0.4) is 0 Å². The maximum Gasteiger partial charge on any atom is 0.513 e. The van der Waals surface area contributed by atoms with Crippen molar-refractivity contribution in [3.8, 4) is 0 Å². The normalized spacial score (nSPS) is 15.6. The van der Waals surface area contributed by atoms with Crippen LogP contribution in [0.25, 0.3) is 0 Å². The zero-order valence-corrected chi connectivity index (χ0v) is 19.5. The minimum absolute atomic E-state index is 0.117. The topological polar surface area (TPSA) is 144 Å². The van der Waals surface area contributed by atoms with Gasteiger partial charge in [-0.3, -0.25) is 10.1 Å². The van der Waals surface area contributed by atoms with Crippen LogP contribution in [0.2, 0.25) is 0 Å². The number of hydrogen-bond acceptors (Lipinski definition) is 10. The first-order chi connectivity index (χ1) is 17.5. The van der Waals surface area contributed by atoms with Crippen molar-refractivity contribution in [3.63, 3.8) is 0 Å². The molecule has 1 aliphatic rings. The number of allylic oxidation sites excluding steroid dienone is 2. The molecule has 0 saturated carbocycles. The van der Waals surface area contributed by atoms with Gasteiger partial charge in [0, 0.05) is 24.5 Å². The number of alkyl halides is 3. The van der Waals surface area contributed by atoms with Gasteiger partial charge in [0.25, 0.3) is 5.69 Å². The van der Waals surface area contributed by atoms with Gasteiger partial charge in [0.2, 0.25) is 0 Å². The fraction of sp³-hybridized carbons (Fsp3) is 0.318. The number of rotatable bonds is 8. The van der Waals surface area contributed by atoms with Crippen molar-refractivity contribution in [3.05, 3.63) is 81.6 Å². The average Bonchev–Trinajstić information content (AvgIpc) is 3.33. The van der Waals surface area contributed by atoms with Gasteiger partial charge in [0.15, 0.2) is 11.5 Å². The standard InChI is InChI=1S/C22H21F3N4O8/c1-3-34-20(30)36-17-15(11-28-9-8-26-12-28)27-19(22(23,24)25)18(37-21(31)35-4-2)16(17)13-6-5-7-14(10-13)29(32)33/h5-10,12,16,27H,3-4,11H2,1-2H3. The molecule has 12 nitrogen and oxygen atoms in total. The average molecular weight is 526 g/mol. The molecule has 0 spiro atoms. The van der Waals surface area contributed by atoms with E-state index in [4.69, 9.17) is 14.2 Å². The first-order valence-electron chi connectivity index (χ1n) is 10.8. The predicted octanol–water partition coefficient (Wildman–Crippen LogP) is 4.51. The molecule has 2 heterocycles. The number of ether oxygens (including phenoxy) is 4. The third kappa shape index (κ3) is 6.56. The van der Waals surface area contributed by atoms with Crippen molar-refractivity contribution in [2.75, 3.05) is 13.2 Å². The second-order valence-corrected chi connectivity index (χ2v) is 7.30. The van der Waals surface area contributed by atoms with Gasteiger partial charge in [0.05, 0.1) is 36.7 Å². The monoisotopic (exact) mass is 526 g/mol. The predicted molar refractivity (Wildman–Crippen MR) is 118 cm³/mol. The lowest BCUT2D eigenvalue weighted by Gasteiger charge is -2.32. The minimum Gasteiger partial charge on any atom is -0.434 e. The molecule has 1 aromatic heterocycles. The third-order valence-corrected chi connectivity index (χ3v) is 4.85. The quantitative estimate of drug-likeness (QED) is 0.296. The lowest BCUT2D eigenvalue weighted by atomic mass is 9.89. The van der Waals surface area contributed by atoms with Crippen molar-refractivity contribution in [1.29, 1.82) is 0 Å². The van der Waals surface area contributed by atoms with Crippen molar-refractivity contribution < 1.29 is 46.6 Å². The fourth-order valence-electron chi connectivity index (χ4n) is 3.43. The number of benzene rings is 1. The summed E-state index contributed by atoms with van der Waals surface area (Å²) in [6.45, 7) is 2.27. The SMILES string of the molecule is CCOC(=O)OC1=C(Cn2ccnc2)NC(C(F)(F)F)=C(OC(=O)OCC)C1c1cccc([N+](=O)[O-])c1. The number of carbonyl (C=O) groups excluding carboxylic acids is 2. The number of nitrogens with zero attached hydrogens (tertiary/aromatic N) is 3. The summed E-state index contributed by atoms with van der Waals surface area (Å²) >= 11 is 0. The molecule has 15 heteroatoms. The van der Waals surface area contributed by atoms with E-state index in [1.165, 1.54) is 49.3 Å². The van der Waals surface area contributed by atoms with Crippen LogP contribution in [0.1, 0.15) is 25.3 Å². The van der Waals surface area contributed by atoms with Crippen LogP contribution in [0, 0.1) is 10.1 Å². The van der Waals surface area contributed by atoms with Crippen molar-refractivity contribution >= 4 is 18.0 Å². The lowest BCUT2D eigenvalue weighted by Crippen LogP contribution is -2.38. The molecule has 2 aromatic rings. The Morgan fingerprint density at radius 2 is 1.78 bits per heavy atom. The van der Waals surface area contributed by atoms with E-state index in [1.54, 1.807) is 0 Å².